The van der Waals surface area contributed by atoms with Crippen molar-refractivity contribution in [3.05, 3.63) is 15.8 Å². The molecule has 5 nitrogen and oxygen atoms in total. The number of sulfonamides is 1. The monoisotopic (exact) mass is 331 g/mol. The lowest BCUT2D eigenvalue weighted by Crippen LogP contribution is -2.36. The van der Waals surface area contributed by atoms with Gasteiger partial charge in [0, 0.05) is 6.54 Å². The molecule has 1 aliphatic rings. The van der Waals surface area contributed by atoms with Gasteiger partial charge in [-0.1, -0.05) is 19.8 Å². The van der Waals surface area contributed by atoms with Gasteiger partial charge in [-0.15, -0.1) is 11.3 Å². The van der Waals surface area contributed by atoms with Gasteiger partial charge in [0.05, 0.1) is 0 Å². The van der Waals surface area contributed by atoms with E-state index < -0.39 is 16.0 Å². The number of aryl methyl sites for hydroxylation is 1. The van der Waals surface area contributed by atoms with Crippen LogP contribution in [0, 0.1) is 12.3 Å². The van der Waals surface area contributed by atoms with Crippen LogP contribution in [0.1, 0.15) is 54.3 Å². The molecule has 0 radical (unpaired) electrons. The summed E-state index contributed by atoms with van der Waals surface area (Å²) >= 11 is 0.955. The van der Waals surface area contributed by atoms with Gasteiger partial charge in [0.2, 0.25) is 10.0 Å². The maximum absolute atomic E-state index is 12.5. The Morgan fingerprint density at radius 1 is 1.43 bits per heavy atom. The van der Waals surface area contributed by atoms with E-state index in [0.29, 0.717) is 12.1 Å². The number of thiophene rings is 1. The predicted molar refractivity (Wildman–Crippen MR) is 82.4 cm³/mol. The van der Waals surface area contributed by atoms with Gasteiger partial charge < -0.3 is 5.11 Å². The first-order chi connectivity index (χ1) is 9.81. The highest BCUT2D eigenvalue weighted by atomic mass is 32.2. The number of nitrogens with one attached hydrogen (secondary N) is 1. The summed E-state index contributed by atoms with van der Waals surface area (Å²) in [7, 11) is -3.78. The smallest absolute Gasteiger partial charge is 0.347 e. The van der Waals surface area contributed by atoms with Crippen molar-refractivity contribution >= 4 is 27.3 Å². The van der Waals surface area contributed by atoms with Crippen LogP contribution < -0.4 is 4.72 Å². The lowest BCUT2D eigenvalue weighted by atomic mass is 9.84. The van der Waals surface area contributed by atoms with Crippen molar-refractivity contribution in [1.29, 1.82) is 0 Å². The van der Waals surface area contributed by atoms with Gasteiger partial charge in [-0.3, -0.25) is 0 Å². The Hall–Kier alpha value is -0.920. The second-order valence-corrected chi connectivity index (χ2v) is 8.35. The van der Waals surface area contributed by atoms with Crippen LogP contribution >= 0.6 is 11.3 Å². The zero-order valence-electron chi connectivity index (χ0n) is 12.3. The Balaban J connectivity index is 2.23. The molecule has 1 aromatic rings. The fraction of sp³-hybridized carbons (Fsp3) is 0.643. The fourth-order valence-electron chi connectivity index (χ4n) is 3.02. The summed E-state index contributed by atoms with van der Waals surface area (Å²) in [6.45, 7) is 4.10. The van der Waals surface area contributed by atoms with Gasteiger partial charge in [-0.2, -0.15) is 0 Å². The summed E-state index contributed by atoms with van der Waals surface area (Å²) < 4.78 is 27.6. The van der Waals surface area contributed by atoms with Crippen LogP contribution in [-0.4, -0.2) is 26.0 Å². The number of aromatic carboxylic acids is 1. The SMILES string of the molecule is CCC1(CNS(=O)(=O)c2c(C)csc2C(=O)O)CCCC1. The topological polar surface area (TPSA) is 83.5 Å². The summed E-state index contributed by atoms with van der Waals surface area (Å²) in [4.78, 5) is 11.0. The molecule has 0 aliphatic heterocycles. The third-order valence-corrected chi connectivity index (χ3v) is 7.24. The highest BCUT2D eigenvalue weighted by Gasteiger charge is 2.34. The van der Waals surface area contributed by atoms with Crippen molar-refractivity contribution in [2.75, 3.05) is 6.54 Å². The average Bonchev–Trinajstić information content (AvgIpc) is 3.04. The largest absolute Gasteiger partial charge is 0.477 e. The molecule has 0 bridgehead atoms. The molecule has 1 fully saturated rings. The van der Waals surface area contributed by atoms with Crippen molar-refractivity contribution in [3.63, 3.8) is 0 Å². The molecule has 2 rings (SSSR count). The van der Waals surface area contributed by atoms with E-state index in [-0.39, 0.29) is 15.2 Å². The molecule has 21 heavy (non-hydrogen) atoms. The number of carboxylic acids is 1. The standard InChI is InChI=1S/C14H21NO4S2/c1-3-14(6-4-5-7-14)9-15-21(18,19)12-10(2)8-20-11(12)13(16)17/h8,15H,3-7,9H2,1-2H3,(H,16,17). The van der Waals surface area contributed by atoms with Crippen molar-refractivity contribution in [2.24, 2.45) is 5.41 Å². The molecule has 0 spiro atoms. The molecule has 0 atom stereocenters. The number of carboxylic acid groups (broad SMARTS) is 1. The van der Waals surface area contributed by atoms with E-state index in [0.717, 1.165) is 43.4 Å². The Kier molecular flexibility index (Phi) is 4.75. The minimum absolute atomic E-state index is 0.0282. The zero-order chi connectivity index (χ0) is 15.7. The molecule has 1 aromatic heterocycles. The molecule has 0 unspecified atom stereocenters. The van der Waals surface area contributed by atoms with Crippen LogP contribution in [0.2, 0.25) is 0 Å². The van der Waals surface area contributed by atoms with Gasteiger partial charge >= 0.3 is 5.97 Å². The third-order valence-electron chi connectivity index (χ3n) is 4.43. The first-order valence-corrected chi connectivity index (χ1v) is 9.49. The minimum Gasteiger partial charge on any atom is -0.477 e. The van der Waals surface area contributed by atoms with Crippen LogP contribution in [0.15, 0.2) is 10.3 Å². The molecule has 118 valence electrons. The number of hydrogen-bond acceptors (Lipinski definition) is 4. The predicted octanol–water partition coefficient (Wildman–Crippen LogP) is 3.00. The van der Waals surface area contributed by atoms with Gasteiger partial charge in [0.15, 0.2) is 0 Å². The molecule has 1 saturated carbocycles. The Bertz CT molecular complexity index is 627. The molecule has 1 aliphatic carbocycles. The van der Waals surface area contributed by atoms with Gasteiger partial charge in [-0.05, 0) is 42.5 Å². The molecule has 0 amide bonds. The van der Waals surface area contributed by atoms with E-state index in [1.807, 2.05) is 0 Å². The van der Waals surface area contributed by atoms with Crippen molar-refractivity contribution in [3.8, 4) is 0 Å². The number of hydrogen-bond donors (Lipinski definition) is 2. The molecule has 0 saturated heterocycles. The van der Waals surface area contributed by atoms with E-state index in [9.17, 15) is 13.2 Å². The second kappa shape index (κ2) is 6.06. The average molecular weight is 331 g/mol. The maximum Gasteiger partial charge on any atom is 0.347 e. The van der Waals surface area contributed by atoms with Crippen LogP contribution in [-0.2, 0) is 10.0 Å². The quantitative estimate of drug-likeness (QED) is 0.839. The maximum atomic E-state index is 12.5. The molecular formula is C14H21NO4S2. The van der Waals surface area contributed by atoms with Crippen LogP contribution in [0.3, 0.4) is 0 Å². The van der Waals surface area contributed by atoms with Crippen LogP contribution in [0.4, 0.5) is 0 Å². The first kappa shape index (κ1) is 16.5. The molecule has 1 heterocycles. The third kappa shape index (κ3) is 3.30. The molecule has 2 N–H and O–H groups in total. The van der Waals surface area contributed by atoms with Gasteiger partial charge in [0.1, 0.15) is 9.77 Å². The van der Waals surface area contributed by atoms with E-state index in [1.54, 1.807) is 12.3 Å². The lowest BCUT2D eigenvalue weighted by Gasteiger charge is -2.27. The normalized spacial score (nSPS) is 18.0. The minimum atomic E-state index is -3.78. The zero-order valence-corrected chi connectivity index (χ0v) is 13.9. The van der Waals surface area contributed by atoms with Crippen molar-refractivity contribution in [1.82, 2.24) is 4.72 Å². The molecule has 0 aromatic carbocycles. The molecular weight excluding hydrogens is 310 g/mol. The highest BCUT2D eigenvalue weighted by Crippen LogP contribution is 2.40. The van der Waals surface area contributed by atoms with Gasteiger partial charge in [0.25, 0.3) is 0 Å². The fourth-order valence-corrected chi connectivity index (χ4v) is 5.80. The lowest BCUT2D eigenvalue weighted by molar-refractivity contribution is 0.0698. The summed E-state index contributed by atoms with van der Waals surface area (Å²) in [5.41, 5.74) is 0.516. The summed E-state index contributed by atoms with van der Waals surface area (Å²) in [6.07, 6.45) is 5.26. The summed E-state index contributed by atoms with van der Waals surface area (Å²) in [5.74, 6) is -1.19. The molecule has 7 heteroatoms. The van der Waals surface area contributed by atoms with Crippen molar-refractivity contribution < 1.29 is 18.3 Å². The Morgan fingerprint density at radius 3 is 2.57 bits per heavy atom. The number of carbonyl (C=O) groups is 1. The highest BCUT2D eigenvalue weighted by molar-refractivity contribution is 7.89. The Labute approximate surface area is 129 Å². The summed E-state index contributed by atoms with van der Waals surface area (Å²) in [5, 5.41) is 10.7. The number of rotatable bonds is 6. The van der Waals surface area contributed by atoms with Crippen LogP contribution in [0.5, 0.6) is 0 Å². The second-order valence-electron chi connectivity index (χ2n) is 5.77. The van der Waals surface area contributed by atoms with E-state index in [1.165, 1.54) is 0 Å². The first-order valence-electron chi connectivity index (χ1n) is 7.12. The Morgan fingerprint density at radius 2 is 2.05 bits per heavy atom. The van der Waals surface area contributed by atoms with Crippen LogP contribution in [0.25, 0.3) is 0 Å². The van der Waals surface area contributed by atoms with E-state index in [2.05, 4.69) is 11.6 Å². The van der Waals surface area contributed by atoms with Crippen molar-refractivity contribution in [2.45, 2.75) is 50.8 Å². The summed E-state index contributed by atoms with van der Waals surface area (Å²) in [6, 6.07) is 0. The van der Waals surface area contributed by atoms with E-state index in [4.69, 9.17) is 5.11 Å². The van der Waals surface area contributed by atoms with Gasteiger partial charge in [-0.25, -0.2) is 17.9 Å². The van der Waals surface area contributed by atoms with E-state index >= 15 is 0 Å².